The lowest BCUT2D eigenvalue weighted by Gasteiger charge is -2.04. The quantitative estimate of drug-likeness (QED) is 0.420. The molecule has 0 aliphatic heterocycles. The summed E-state index contributed by atoms with van der Waals surface area (Å²) in [5.41, 5.74) is 0. The zero-order valence-electron chi connectivity index (χ0n) is 9.16. The Kier molecular flexibility index (Phi) is 8.86. The van der Waals surface area contributed by atoms with Crippen LogP contribution in [-0.2, 0) is 0 Å². The molecule has 0 unspecified atom stereocenters. The molecular formula is C12H21B. The fourth-order valence-corrected chi connectivity index (χ4v) is 1.27. The molecule has 0 rings (SSSR count). The standard InChI is InChI=1S/C12H21B/c1-4-7-10-13(11-8-5-2)12-9-6-3/h4-9H,10-12H2,1-3H3. The Morgan fingerprint density at radius 2 is 1.00 bits per heavy atom. The monoisotopic (exact) mass is 176 g/mol. The predicted molar refractivity (Wildman–Crippen MR) is 64.6 cm³/mol. The summed E-state index contributed by atoms with van der Waals surface area (Å²) in [6.45, 7) is 7.04. The largest absolute Gasteiger partial charge is 0.151 e. The van der Waals surface area contributed by atoms with Crippen molar-refractivity contribution in [3.05, 3.63) is 36.5 Å². The molecule has 0 aromatic carbocycles. The van der Waals surface area contributed by atoms with Crippen LogP contribution in [0.15, 0.2) is 36.5 Å². The SMILES string of the molecule is CC=CCB(CC=CC)CC=CC. The third kappa shape index (κ3) is 7.64. The second-order valence-corrected chi connectivity index (χ2v) is 3.28. The van der Waals surface area contributed by atoms with E-state index in [0.29, 0.717) is 0 Å². The molecule has 0 nitrogen and oxygen atoms in total. The van der Waals surface area contributed by atoms with Gasteiger partial charge in [-0.15, -0.1) is 0 Å². The van der Waals surface area contributed by atoms with Crippen LogP contribution in [0, 0.1) is 0 Å². The summed E-state index contributed by atoms with van der Waals surface area (Å²) in [7, 11) is 0. The first kappa shape index (κ1) is 12.3. The van der Waals surface area contributed by atoms with Gasteiger partial charge >= 0.3 is 0 Å². The summed E-state index contributed by atoms with van der Waals surface area (Å²) in [4.78, 5) is 0. The van der Waals surface area contributed by atoms with Gasteiger partial charge in [-0.1, -0.05) is 55.4 Å². The van der Waals surface area contributed by atoms with Crippen molar-refractivity contribution in [2.45, 2.75) is 39.7 Å². The molecule has 0 amide bonds. The van der Waals surface area contributed by atoms with Crippen molar-refractivity contribution in [3.63, 3.8) is 0 Å². The van der Waals surface area contributed by atoms with Gasteiger partial charge in [-0.2, -0.15) is 0 Å². The van der Waals surface area contributed by atoms with Crippen molar-refractivity contribution in [2.75, 3.05) is 0 Å². The maximum absolute atomic E-state index is 2.26. The van der Waals surface area contributed by atoms with Crippen molar-refractivity contribution in [3.8, 4) is 0 Å². The van der Waals surface area contributed by atoms with E-state index in [1.54, 1.807) is 0 Å². The van der Waals surface area contributed by atoms with Gasteiger partial charge < -0.3 is 0 Å². The highest BCUT2D eigenvalue weighted by molar-refractivity contribution is 6.60. The minimum atomic E-state index is 0.781. The normalized spacial score (nSPS) is 12.2. The van der Waals surface area contributed by atoms with Crippen LogP contribution in [0.3, 0.4) is 0 Å². The average Bonchev–Trinajstić information content (AvgIpc) is 2.17. The van der Waals surface area contributed by atoms with E-state index in [4.69, 9.17) is 0 Å². The summed E-state index contributed by atoms with van der Waals surface area (Å²) >= 11 is 0. The lowest BCUT2D eigenvalue weighted by atomic mass is 9.43. The molecule has 1 heteroatoms. The molecule has 0 radical (unpaired) electrons. The van der Waals surface area contributed by atoms with Crippen LogP contribution in [0.5, 0.6) is 0 Å². The minimum absolute atomic E-state index is 0.781. The molecule has 0 aliphatic rings. The molecule has 0 saturated heterocycles. The van der Waals surface area contributed by atoms with E-state index in [1.807, 2.05) is 0 Å². The van der Waals surface area contributed by atoms with E-state index in [-0.39, 0.29) is 0 Å². The Morgan fingerprint density at radius 1 is 0.692 bits per heavy atom. The Hall–Kier alpha value is -0.715. The second kappa shape index (κ2) is 9.37. The number of allylic oxidation sites excluding steroid dienone is 6. The molecule has 0 saturated carbocycles. The molecule has 0 fully saturated rings. The van der Waals surface area contributed by atoms with Crippen LogP contribution < -0.4 is 0 Å². The average molecular weight is 176 g/mol. The molecule has 0 atom stereocenters. The fraction of sp³-hybridized carbons (Fsp3) is 0.500. The highest BCUT2D eigenvalue weighted by Crippen LogP contribution is 2.08. The Labute approximate surface area is 83.5 Å². The zero-order valence-corrected chi connectivity index (χ0v) is 9.16. The smallest absolute Gasteiger partial charge is 0.0960 e. The molecule has 0 N–H and O–H groups in total. The molecule has 0 aliphatic carbocycles. The lowest BCUT2D eigenvalue weighted by Crippen LogP contribution is -2.07. The van der Waals surface area contributed by atoms with Crippen molar-refractivity contribution < 1.29 is 0 Å². The molecule has 13 heavy (non-hydrogen) atoms. The zero-order chi connectivity index (χ0) is 9.94. The second-order valence-electron chi connectivity index (χ2n) is 3.28. The van der Waals surface area contributed by atoms with Crippen LogP contribution in [-0.4, -0.2) is 6.71 Å². The Bertz CT molecular complexity index is 144. The van der Waals surface area contributed by atoms with Crippen LogP contribution in [0.2, 0.25) is 19.0 Å². The number of hydrogen-bond donors (Lipinski definition) is 0. The van der Waals surface area contributed by atoms with Gasteiger partial charge in [-0.05, 0) is 20.8 Å². The van der Waals surface area contributed by atoms with Crippen LogP contribution in [0.4, 0.5) is 0 Å². The van der Waals surface area contributed by atoms with Crippen LogP contribution in [0.25, 0.3) is 0 Å². The topological polar surface area (TPSA) is 0 Å². The molecule has 0 bridgehead atoms. The van der Waals surface area contributed by atoms with Crippen LogP contribution in [0.1, 0.15) is 20.8 Å². The first-order valence-corrected chi connectivity index (χ1v) is 5.18. The highest BCUT2D eigenvalue weighted by atomic mass is 13.8. The summed E-state index contributed by atoms with van der Waals surface area (Å²) < 4.78 is 0. The fourth-order valence-electron chi connectivity index (χ4n) is 1.27. The van der Waals surface area contributed by atoms with E-state index < -0.39 is 0 Å². The van der Waals surface area contributed by atoms with Crippen LogP contribution >= 0.6 is 0 Å². The molecule has 0 aromatic heterocycles. The summed E-state index contributed by atoms with van der Waals surface area (Å²) in [6.07, 6.45) is 16.8. The van der Waals surface area contributed by atoms with E-state index in [9.17, 15) is 0 Å². The first-order valence-electron chi connectivity index (χ1n) is 5.18. The van der Waals surface area contributed by atoms with Crippen molar-refractivity contribution in [1.82, 2.24) is 0 Å². The van der Waals surface area contributed by atoms with Gasteiger partial charge in [0.15, 0.2) is 6.71 Å². The molecule has 72 valence electrons. The van der Waals surface area contributed by atoms with Gasteiger partial charge in [0, 0.05) is 0 Å². The summed E-state index contributed by atoms with van der Waals surface area (Å²) in [5.74, 6) is 0. The van der Waals surface area contributed by atoms with Crippen molar-refractivity contribution in [1.29, 1.82) is 0 Å². The van der Waals surface area contributed by atoms with Crippen molar-refractivity contribution in [2.24, 2.45) is 0 Å². The third-order valence-corrected chi connectivity index (χ3v) is 2.12. The molecule has 0 heterocycles. The van der Waals surface area contributed by atoms with Gasteiger partial charge in [0.25, 0.3) is 0 Å². The summed E-state index contributed by atoms with van der Waals surface area (Å²) in [6, 6.07) is 0. The van der Waals surface area contributed by atoms with Gasteiger partial charge in [-0.3, -0.25) is 0 Å². The van der Waals surface area contributed by atoms with E-state index in [0.717, 1.165) is 6.71 Å². The van der Waals surface area contributed by atoms with E-state index in [2.05, 4.69) is 57.2 Å². The van der Waals surface area contributed by atoms with E-state index in [1.165, 1.54) is 19.0 Å². The molecule has 0 spiro atoms. The molecule has 0 aromatic rings. The Balaban J connectivity index is 3.86. The van der Waals surface area contributed by atoms with E-state index >= 15 is 0 Å². The minimum Gasteiger partial charge on any atom is -0.0960 e. The van der Waals surface area contributed by atoms with Crippen molar-refractivity contribution >= 4 is 6.71 Å². The predicted octanol–water partition coefficient (Wildman–Crippen LogP) is 4.21. The summed E-state index contributed by atoms with van der Waals surface area (Å²) in [5, 5.41) is 0. The number of rotatable bonds is 6. The van der Waals surface area contributed by atoms with Gasteiger partial charge in [0.2, 0.25) is 0 Å². The first-order chi connectivity index (χ1) is 6.35. The Morgan fingerprint density at radius 3 is 1.23 bits per heavy atom. The molecular weight excluding hydrogens is 155 g/mol. The van der Waals surface area contributed by atoms with Gasteiger partial charge in [0.1, 0.15) is 0 Å². The highest BCUT2D eigenvalue weighted by Gasteiger charge is 2.06. The maximum Gasteiger partial charge on any atom is 0.151 e. The number of hydrogen-bond acceptors (Lipinski definition) is 0. The lowest BCUT2D eigenvalue weighted by molar-refractivity contribution is 1.41. The third-order valence-electron chi connectivity index (χ3n) is 2.12. The van der Waals surface area contributed by atoms with Gasteiger partial charge in [-0.25, -0.2) is 0 Å². The maximum atomic E-state index is 2.26. The van der Waals surface area contributed by atoms with Gasteiger partial charge in [0.05, 0.1) is 0 Å².